The van der Waals surface area contributed by atoms with Crippen molar-refractivity contribution >= 4 is 23.5 Å². The Morgan fingerprint density at radius 3 is 2.65 bits per heavy atom. The van der Waals surface area contributed by atoms with E-state index in [1.807, 2.05) is 25.3 Å². The Kier molecular flexibility index (Phi) is 5.53. The van der Waals surface area contributed by atoms with Gasteiger partial charge in [0, 0.05) is 17.2 Å². The Labute approximate surface area is 156 Å². The Bertz CT molecular complexity index is 921. The molecule has 132 valence electrons. The van der Waals surface area contributed by atoms with Crippen LogP contribution < -0.4 is 4.57 Å². The van der Waals surface area contributed by atoms with Gasteiger partial charge < -0.3 is 22.0 Å². The normalized spacial score (nSPS) is 12.8. The molecule has 2 heterocycles. The third kappa shape index (κ3) is 4.21. The van der Waals surface area contributed by atoms with Crippen LogP contribution in [-0.2, 0) is 19.2 Å². The first-order chi connectivity index (χ1) is 12.5. The first-order valence-electron chi connectivity index (χ1n) is 8.05. The maximum Gasteiger partial charge on any atom is 0.237 e. The highest BCUT2D eigenvalue weighted by molar-refractivity contribution is 7.77. The first-order valence-corrected chi connectivity index (χ1v) is 8.46. The molecule has 3 rings (SSSR count). The number of halogens is 1. The second-order valence-corrected chi connectivity index (χ2v) is 6.25. The van der Waals surface area contributed by atoms with Crippen molar-refractivity contribution in [2.75, 3.05) is 0 Å². The Balaban J connectivity index is 1.97. The number of carbonyl (C=O) groups is 1. The highest BCUT2D eigenvalue weighted by Crippen LogP contribution is 2.14. The molecule has 0 aliphatic rings. The number of rotatable bonds is 6. The van der Waals surface area contributed by atoms with Crippen LogP contribution in [0, 0.1) is 12.7 Å². The fraction of sp³-hybridized carbons (Fsp3) is 0.150. The van der Waals surface area contributed by atoms with Crippen LogP contribution in [0.4, 0.5) is 4.39 Å². The van der Waals surface area contributed by atoms with Crippen LogP contribution in [0.25, 0.3) is 0 Å². The van der Waals surface area contributed by atoms with Crippen molar-refractivity contribution < 1.29 is 18.2 Å². The van der Waals surface area contributed by atoms with Crippen LogP contribution in [0.2, 0.25) is 0 Å². The zero-order valence-corrected chi connectivity index (χ0v) is 14.9. The highest BCUT2D eigenvalue weighted by atomic mass is 32.1. The minimum atomic E-state index is -0.787. The summed E-state index contributed by atoms with van der Waals surface area (Å²) in [6, 6.07) is 12.0. The molecule has 3 aromatic rings. The van der Waals surface area contributed by atoms with Gasteiger partial charge in [-0.1, -0.05) is 0 Å². The number of aliphatic imine (C=N–C) groups is 1. The van der Waals surface area contributed by atoms with E-state index >= 15 is 0 Å². The highest BCUT2D eigenvalue weighted by Gasteiger charge is 2.28. The van der Waals surface area contributed by atoms with Crippen LogP contribution in [0.5, 0.6) is 0 Å². The lowest BCUT2D eigenvalue weighted by Crippen LogP contribution is -2.47. The van der Waals surface area contributed by atoms with E-state index in [2.05, 4.69) is 4.99 Å². The maximum absolute atomic E-state index is 13.2. The van der Waals surface area contributed by atoms with Gasteiger partial charge in [-0.3, -0.25) is 4.79 Å². The predicted molar refractivity (Wildman–Crippen MR) is 98.4 cm³/mol. The van der Waals surface area contributed by atoms with Gasteiger partial charge in [-0.2, -0.15) is 4.57 Å². The summed E-state index contributed by atoms with van der Waals surface area (Å²) in [5.41, 5.74) is 1.36. The summed E-state index contributed by atoms with van der Waals surface area (Å²) >= 11 is 5.45. The summed E-state index contributed by atoms with van der Waals surface area (Å²) < 4.78 is 20.2. The minimum Gasteiger partial charge on any atom is -0.758 e. The molecule has 0 unspecified atom stereocenters. The van der Waals surface area contributed by atoms with Gasteiger partial charge in [-0.05, 0) is 54.4 Å². The van der Waals surface area contributed by atoms with E-state index in [1.54, 1.807) is 29.2 Å². The molecular formula is C20H17FN2O2S. The Morgan fingerprint density at radius 1 is 1.23 bits per heavy atom. The number of ketones is 1. The zero-order chi connectivity index (χ0) is 18.5. The van der Waals surface area contributed by atoms with Gasteiger partial charge in [0.2, 0.25) is 11.8 Å². The third-order valence-corrected chi connectivity index (χ3v) is 4.20. The Morgan fingerprint density at radius 2 is 2.00 bits per heavy atom. The number of Topliss-reactive ketones (excluding diaryl/α,β-unsaturated/α-hetero) is 1. The average Bonchev–Trinajstić information content (AvgIpc) is 3.14. The van der Waals surface area contributed by atoms with Gasteiger partial charge in [-0.15, -0.1) is 0 Å². The molecule has 0 saturated carbocycles. The van der Waals surface area contributed by atoms with E-state index in [0.29, 0.717) is 11.3 Å². The van der Waals surface area contributed by atoms with E-state index < -0.39 is 11.9 Å². The number of hydrogen-bond donors (Lipinski definition) is 0. The van der Waals surface area contributed by atoms with Crippen molar-refractivity contribution in [3.8, 4) is 0 Å². The number of aryl methyl sites for hydroxylation is 1. The summed E-state index contributed by atoms with van der Waals surface area (Å²) in [7, 11) is 0. The second-order valence-electron chi connectivity index (χ2n) is 5.84. The molecular weight excluding hydrogens is 351 g/mol. The smallest absolute Gasteiger partial charge is 0.237 e. The van der Waals surface area contributed by atoms with E-state index in [1.165, 1.54) is 24.3 Å². The first kappa shape index (κ1) is 17.9. The summed E-state index contributed by atoms with van der Waals surface area (Å²) in [4.78, 5) is 17.4. The van der Waals surface area contributed by atoms with Crippen molar-refractivity contribution in [1.29, 1.82) is 0 Å². The molecule has 0 radical (unpaired) electrons. The van der Waals surface area contributed by atoms with Gasteiger partial charge >= 0.3 is 0 Å². The van der Waals surface area contributed by atoms with E-state index in [9.17, 15) is 9.18 Å². The third-order valence-electron chi connectivity index (χ3n) is 3.85. The standard InChI is InChI=1S/C20H17FN2O2S/c1-14-4-2-10-23(13-14)18(19(24)15-6-8-16(21)9-7-15)20(26)22-12-17-5-3-11-25-17/h2-11,13,18H,12H2,1H3/t18-/m0/s1. The molecule has 0 spiro atoms. The molecule has 0 N–H and O–H groups in total. The predicted octanol–water partition coefficient (Wildman–Crippen LogP) is 3.58. The number of benzene rings is 1. The molecule has 0 saturated heterocycles. The van der Waals surface area contributed by atoms with E-state index in [4.69, 9.17) is 17.0 Å². The lowest BCUT2D eigenvalue weighted by Gasteiger charge is -2.18. The van der Waals surface area contributed by atoms with Gasteiger partial charge in [0.15, 0.2) is 12.4 Å². The molecule has 4 nitrogen and oxygen atoms in total. The summed E-state index contributed by atoms with van der Waals surface area (Å²) in [6.45, 7) is 2.18. The Hall–Kier alpha value is -2.86. The van der Waals surface area contributed by atoms with Crippen molar-refractivity contribution in [3.63, 3.8) is 0 Å². The van der Waals surface area contributed by atoms with Gasteiger partial charge in [0.1, 0.15) is 11.6 Å². The van der Waals surface area contributed by atoms with Crippen LogP contribution in [0.3, 0.4) is 0 Å². The largest absolute Gasteiger partial charge is 0.758 e. The SMILES string of the molecule is Cc1ccc[n+]([C@@H](C(=O)c2ccc(F)cc2)C([S-])=NCc2ccco2)c1. The molecule has 26 heavy (non-hydrogen) atoms. The molecule has 1 atom stereocenters. The van der Waals surface area contributed by atoms with Crippen molar-refractivity contribution in [2.24, 2.45) is 4.99 Å². The average molecular weight is 368 g/mol. The molecule has 0 aliphatic carbocycles. The zero-order valence-electron chi connectivity index (χ0n) is 14.1. The molecule has 0 fully saturated rings. The number of pyridine rings is 1. The summed E-state index contributed by atoms with van der Waals surface area (Å²) in [5.74, 6) is 0.0229. The summed E-state index contributed by atoms with van der Waals surface area (Å²) in [6.07, 6.45) is 5.17. The summed E-state index contributed by atoms with van der Waals surface area (Å²) in [5, 5.41) is 0.242. The fourth-order valence-corrected chi connectivity index (χ4v) is 2.86. The van der Waals surface area contributed by atoms with Gasteiger partial charge in [-0.25, -0.2) is 4.39 Å². The number of furan rings is 1. The van der Waals surface area contributed by atoms with E-state index in [0.717, 1.165) is 5.56 Å². The van der Waals surface area contributed by atoms with Crippen molar-refractivity contribution in [1.82, 2.24) is 0 Å². The minimum absolute atomic E-state index is 0.242. The van der Waals surface area contributed by atoms with Gasteiger partial charge in [0.25, 0.3) is 0 Å². The number of carbonyl (C=O) groups excluding carboxylic acids is 1. The topological polar surface area (TPSA) is 46.5 Å². The monoisotopic (exact) mass is 368 g/mol. The lowest BCUT2D eigenvalue weighted by molar-refractivity contribution is -0.692. The number of hydrogen-bond acceptors (Lipinski definition) is 4. The fourth-order valence-electron chi connectivity index (χ4n) is 2.57. The van der Waals surface area contributed by atoms with Crippen LogP contribution >= 0.6 is 0 Å². The van der Waals surface area contributed by atoms with Crippen LogP contribution in [0.1, 0.15) is 27.7 Å². The van der Waals surface area contributed by atoms with Crippen LogP contribution in [0.15, 0.2) is 76.6 Å². The molecule has 0 aliphatic heterocycles. The van der Waals surface area contributed by atoms with Crippen molar-refractivity contribution in [2.45, 2.75) is 19.5 Å². The van der Waals surface area contributed by atoms with Crippen LogP contribution in [-0.4, -0.2) is 10.8 Å². The maximum atomic E-state index is 13.2. The number of nitrogens with zero attached hydrogens (tertiary/aromatic N) is 2. The molecule has 1 aromatic carbocycles. The van der Waals surface area contributed by atoms with Gasteiger partial charge in [0.05, 0.1) is 12.8 Å². The quantitative estimate of drug-likeness (QED) is 0.220. The van der Waals surface area contributed by atoms with Crippen molar-refractivity contribution in [3.05, 3.63) is 89.9 Å². The molecule has 0 amide bonds. The van der Waals surface area contributed by atoms with E-state index in [-0.39, 0.29) is 17.4 Å². The molecule has 0 bridgehead atoms. The molecule has 2 aromatic heterocycles. The lowest BCUT2D eigenvalue weighted by atomic mass is 10.0. The number of aromatic nitrogens is 1. The molecule has 6 heteroatoms. The second kappa shape index (κ2) is 8.01.